The third-order valence-corrected chi connectivity index (χ3v) is 8.34. The van der Waals surface area contributed by atoms with Crippen LogP contribution in [-0.2, 0) is 23.9 Å². The highest BCUT2D eigenvalue weighted by Gasteiger charge is 2.42. The van der Waals surface area contributed by atoms with E-state index in [0.717, 1.165) is 10.5 Å². The van der Waals surface area contributed by atoms with Gasteiger partial charge in [-0.15, -0.1) is 0 Å². The highest BCUT2D eigenvalue weighted by Crippen LogP contribution is 2.39. The summed E-state index contributed by atoms with van der Waals surface area (Å²) in [6.45, 7) is 3.69. The number of fused-ring (bicyclic) bond motifs is 1. The van der Waals surface area contributed by atoms with E-state index in [-0.39, 0.29) is 43.7 Å². The van der Waals surface area contributed by atoms with Crippen LogP contribution in [0.15, 0.2) is 47.4 Å². The maximum absolute atomic E-state index is 14.2. The number of benzene rings is 1. The number of nitriles is 1. The van der Waals surface area contributed by atoms with E-state index >= 15 is 0 Å². The normalized spacial score (nSPS) is 17.7. The molecule has 2 atom stereocenters. The van der Waals surface area contributed by atoms with Gasteiger partial charge in [0.1, 0.15) is 23.2 Å². The molecule has 2 aromatic heterocycles. The van der Waals surface area contributed by atoms with Gasteiger partial charge in [0.05, 0.1) is 31.0 Å². The van der Waals surface area contributed by atoms with Gasteiger partial charge in [0, 0.05) is 46.2 Å². The molecule has 232 valence electrons. The van der Waals surface area contributed by atoms with Crippen LogP contribution in [0.3, 0.4) is 0 Å². The van der Waals surface area contributed by atoms with Crippen molar-refractivity contribution in [1.82, 2.24) is 24.6 Å². The second kappa shape index (κ2) is 12.7. The van der Waals surface area contributed by atoms with Crippen molar-refractivity contribution in [2.75, 3.05) is 51.8 Å². The second-order valence-electron chi connectivity index (χ2n) is 11.1. The number of rotatable bonds is 8. The number of carbonyl (C=O) groups is 1. The molecule has 1 aliphatic heterocycles. The molecule has 3 heterocycles. The van der Waals surface area contributed by atoms with Crippen LogP contribution in [-0.4, -0.2) is 83.4 Å². The van der Waals surface area contributed by atoms with Crippen LogP contribution in [0, 0.1) is 11.3 Å². The topological polar surface area (TPSA) is 108 Å². The van der Waals surface area contributed by atoms with Crippen molar-refractivity contribution in [2.45, 2.75) is 44.4 Å². The van der Waals surface area contributed by atoms with Crippen LogP contribution < -0.4 is 15.2 Å². The van der Waals surface area contributed by atoms with Gasteiger partial charge in [-0.25, -0.2) is 9.67 Å². The van der Waals surface area contributed by atoms with Gasteiger partial charge < -0.3 is 14.5 Å². The molecule has 3 aromatic rings. The monoisotopic (exact) mass is 610 g/mol. The molecule has 1 aromatic carbocycles. The number of hydrogen-bond donors (Lipinski definition) is 0. The lowest BCUT2D eigenvalue weighted by molar-refractivity contribution is -0.139. The predicted octanol–water partition coefficient (Wildman–Crippen LogP) is 3.28. The second-order valence-corrected chi connectivity index (χ2v) is 11.1. The Bertz CT molecular complexity index is 1620. The summed E-state index contributed by atoms with van der Waals surface area (Å²) in [5.74, 6) is 0.650. The number of hydrogen-bond acceptors (Lipinski definition) is 8. The molecule has 44 heavy (non-hydrogen) atoms. The van der Waals surface area contributed by atoms with Gasteiger partial charge in [-0.1, -0.05) is 12.1 Å². The van der Waals surface area contributed by atoms with Crippen LogP contribution in [0.2, 0.25) is 0 Å². The summed E-state index contributed by atoms with van der Waals surface area (Å²) in [5, 5.41) is 13.4. The largest absolute Gasteiger partial charge is 0.497 e. The number of nitrogens with zero attached hydrogens (tertiary/aromatic N) is 7. The van der Waals surface area contributed by atoms with Crippen molar-refractivity contribution in [3.05, 3.63) is 80.9 Å². The van der Waals surface area contributed by atoms with Gasteiger partial charge in [0.2, 0.25) is 5.91 Å². The molecule has 10 nitrogen and oxygen atoms in total. The van der Waals surface area contributed by atoms with Gasteiger partial charge in [0.15, 0.2) is 0 Å². The fourth-order valence-corrected chi connectivity index (χ4v) is 5.80. The highest BCUT2D eigenvalue weighted by molar-refractivity contribution is 5.81. The van der Waals surface area contributed by atoms with Crippen LogP contribution >= 0.6 is 0 Å². The van der Waals surface area contributed by atoms with E-state index in [1.54, 1.807) is 53.1 Å². The molecule has 1 fully saturated rings. The molecule has 0 radical (unpaired) electrons. The minimum atomic E-state index is -4.85. The number of pyridine rings is 1. The zero-order chi connectivity index (χ0) is 32.3. The lowest BCUT2D eigenvalue weighted by atomic mass is 10.0. The van der Waals surface area contributed by atoms with Crippen molar-refractivity contribution in [3.63, 3.8) is 0 Å². The number of carbonyl (C=O) groups excluding carboxylic acids is 1. The van der Waals surface area contributed by atoms with E-state index < -0.39 is 29.3 Å². The van der Waals surface area contributed by atoms with Crippen LogP contribution in [0.25, 0.3) is 0 Å². The van der Waals surface area contributed by atoms with E-state index in [2.05, 4.69) is 10.1 Å². The summed E-state index contributed by atoms with van der Waals surface area (Å²) in [5.41, 5.74) is -1.23. The minimum Gasteiger partial charge on any atom is -0.497 e. The van der Waals surface area contributed by atoms with E-state index in [1.165, 1.54) is 13.3 Å². The summed E-state index contributed by atoms with van der Waals surface area (Å²) in [7, 11) is 1.27. The van der Waals surface area contributed by atoms with Gasteiger partial charge >= 0.3 is 6.18 Å². The summed E-state index contributed by atoms with van der Waals surface area (Å²) in [6.07, 6.45) is -2.98. The molecular formula is C31H34F3N7O3. The number of amides is 1. The quantitative estimate of drug-likeness (QED) is 0.383. The van der Waals surface area contributed by atoms with Gasteiger partial charge in [-0.05, 0) is 62.2 Å². The number of ether oxygens (including phenoxy) is 1. The molecule has 0 saturated carbocycles. The molecule has 13 heteroatoms. The highest BCUT2D eigenvalue weighted by atomic mass is 19.4. The van der Waals surface area contributed by atoms with Gasteiger partial charge in [0.25, 0.3) is 5.56 Å². The predicted molar refractivity (Wildman–Crippen MR) is 156 cm³/mol. The summed E-state index contributed by atoms with van der Waals surface area (Å²) < 4.78 is 56.8. The zero-order valence-electron chi connectivity index (χ0n) is 25.5. The zero-order valence-corrected chi connectivity index (χ0v) is 24.5. The molecule has 0 N–H and O–H groups in total. The maximum Gasteiger partial charge on any atom is 0.422 e. The third kappa shape index (κ3) is 6.40. The molecule has 0 spiro atoms. The number of methoxy groups -OCH3 is 1. The lowest BCUT2D eigenvalue weighted by Gasteiger charge is -2.38. The molecule has 2 aliphatic rings. The molecule has 1 unspecified atom stereocenters. The first kappa shape index (κ1) is 29.6. The van der Waals surface area contributed by atoms with E-state index in [4.69, 9.17) is 11.4 Å². The summed E-state index contributed by atoms with van der Waals surface area (Å²) >= 11 is 0. The number of halogens is 3. The van der Waals surface area contributed by atoms with Crippen molar-refractivity contribution in [2.24, 2.45) is 0 Å². The van der Waals surface area contributed by atoms with Gasteiger partial charge in [-0.3, -0.25) is 14.5 Å². The van der Waals surface area contributed by atoms with E-state index in [9.17, 15) is 22.8 Å². The van der Waals surface area contributed by atoms with Crippen molar-refractivity contribution < 1.29 is 24.1 Å². The number of piperazine rings is 1. The molecule has 1 saturated heterocycles. The fourth-order valence-electron chi connectivity index (χ4n) is 5.80. The van der Waals surface area contributed by atoms with E-state index in [0.29, 0.717) is 49.5 Å². The summed E-state index contributed by atoms with van der Waals surface area (Å²) in [6, 6.07) is 11.5. The number of alkyl halides is 3. The van der Waals surface area contributed by atoms with Crippen molar-refractivity contribution in [3.8, 4) is 11.8 Å². The smallest absolute Gasteiger partial charge is 0.422 e. The Balaban J connectivity index is 1.31. The molecule has 5 rings (SSSR count). The first-order valence-electron chi connectivity index (χ1n) is 15.0. The lowest BCUT2D eigenvalue weighted by Crippen LogP contribution is -2.54. The maximum atomic E-state index is 14.2. The molecular weight excluding hydrogens is 575 g/mol. The number of anilines is 1. The van der Waals surface area contributed by atoms with Crippen LogP contribution in [0.1, 0.15) is 48.6 Å². The Hall–Kier alpha value is -4.44. The molecule has 1 aliphatic carbocycles. The average molecular weight is 611 g/mol. The van der Waals surface area contributed by atoms with Crippen molar-refractivity contribution >= 4 is 11.7 Å². The van der Waals surface area contributed by atoms with E-state index in [1.807, 2.05) is 11.0 Å². The Kier molecular flexibility index (Phi) is 8.52. The number of likely N-dealkylation sites (N-methyl/N-ethyl adjacent to an activating group) is 1. The SMILES string of the molecule is [2H]CN(CC1CCc2c1nn(Cc1ccc(OC)cc1)c(=O)c2C(F)(F)F)[C@@H](C)C(=O)N1CCN(c2ccc(C#N)cn2)CC1. The third-order valence-electron chi connectivity index (χ3n) is 8.34. The molecule has 0 bridgehead atoms. The Labute approximate surface area is 254 Å². The van der Waals surface area contributed by atoms with Crippen LogP contribution in [0.5, 0.6) is 5.75 Å². The molecule has 1 amide bonds. The first-order valence-corrected chi connectivity index (χ1v) is 14.3. The first-order chi connectivity index (χ1) is 21.5. The standard InChI is InChI=1S/C31H34F3N7O3/c1-20(29(42)40-14-12-39(13-15-40)26-11-6-22(16-35)17-36-26)38(2)19-23-7-10-25-27(31(32,33)34)30(43)41(37-28(23)25)18-21-4-8-24(44-3)9-5-21/h4-6,8-9,11,17,20,23H,7,10,12-15,18-19H2,1-3H3/t20-,23?/m0/s1/i2D. The average Bonchev–Trinajstić information content (AvgIpc) is 3.44. The minimum absolute atomic E-state index is 0.0416. The summed E-state index contributed by atoms with van der Waals surface area (Å²) in [4.78, 5) is 36.3. The Morgan fingerprint density at radius 1 is 1.20 bits per heavy atom. The Morgan fingerprint density at radius 3 is 2.52 bits per heavy atom. The van der Waals surface area contributed by atoms with Crippen molar-refractivity contribution in [1.29, 1.82) is 5.26 Å². The van der Waals surface area contributed by atoms with Crippen LogP contribution in [0.4, 0.5) is 19.0 Å². The van der Waals surface area contributed by atoms with Gasteiger partial charge in [-0.2, -0.15) is 23.5 Å². The fraction of sp³-hybridized carbons (Fsp3) is 0.452. The Morgan fingerprint density at radius 2 is 1.93 bits per heavy atom. The number of aromatic nitrogens is 3.